The summed E-state index contributed by atoms with van der Waals surface area (Å²) in [5, 5.41) is 2.73. The summed E-state index contributed by atoms with van der Waals surface area (Å²) in [7, 11) is 0. The molecule has 0 bridgehead atoms. The summed E-state index contributed by atoms with van der Waals surface area (Å²) in [6, 6.07) is 7.81. The molecule has 0 atom stereocenters. The fourth-order valence-corrected chi connectivity index (χ4v) is 3.08. The monoisotopic (exact) mass is 389 g/mol. The molecule has 0 unspecified atom stereocenters. The normalized spacial score (nSPS) is 14.3. The summed E-state index contributed by atoms with van der Waals surface area (Å²) >= 11 is 0. The largest absolute Gasteiger partial charge is 0.484 e. The molecule has 0 radical (unpaired) electrons. The summed E-state index contributed by atoms with van der Waals surface area (Å²) < 4.78 is 44.9. The lowest BCUT2D eigenvalue weighted by Gasteiger charge is -2.10. The molecule has 2 heterocycles. The third-order valence-corrected chi connectivity index (χ3v) is 4.69. The number of nitrogens with one attached hydrogen (secondary N) is 1. The first kappa shape index (κ1) is 18.3. The minimum atomic E-state index is -4.40. The lowest BCUT2D eigenvalue weighted by Crippen LogP contribution is -2.20. The molecule has 1 fully saturated rings. The number of benzene rings is 1. The van der Waals surface area contributed by atoms with E-state index in [1.54, 1.807) is 12.3 Å². The van der Waals surface area contributed by atoms with Crippen LogP contribution in [-0.2, 0) is 11.0 Å². The number of carbonyl (C=O) groups excluding carboxylic acids is 1. The number of rotatable bonds is 5. The van der Waals surface area contributed by atoms with Crippen LogP contribution in [-0.4, -0.2) is 21.9 Å². The number of hydrogen-bond donors (Lipinski definition) is 1. The number of amides is 1. The van der Waals surface area contributed by atoms with Gasteiger partial charge in [0.05, 0.1) is 16.9 Å². The summed E-state index contributed by atoms with van der Waals surface area (Å²) in [5.41, 5.74) is 2.83. The first-order valence-corrected chi connectivity index (χ1v) is 8.90. The van der Waals surface area contributed by atoms with Gasteiger partial charge in [-0.05, 0) is 56.2 Å². The predicted octanol–water partition coefficient (Wildman–Crippen LogP) is 4.56. The zero-order valence-electron chi connectivity index (χ0n) is 15.1. The van der Waals surface area contributed by atoms with Gasteiger partial charge in [0.15, 0.2) is 6.61 Å². The fraction of sp³-hybridized carbons (Fsp3) is 0.300. The van der Waals surface area contributed by atoms with E-state index in [-0.39, 0.29) is 12.4 Å². The maximum Gasteiger partial charge on any atom is 0.416 e. The molecule has 1 saturated carbocycles. The first-order valence-electron chi connectivity index (χ1n) is 8.90. The van der Waals surface area contributed by atoms with Crippen LogP contribution < -0.4 is 10.1 Å². The number of pyridine rings is 1. The molecule has 8 heteroatoms. The van der Waals surface area contributed by atoms with Crippen molar-refractivity contribution in [3.63, 3.8) is 0 Å². The standard InChI is InChI=1S/C20H18F3N3O2/c1-12-19(13-2-3-13)25-17-9-6-15(10-26(12)17)24-18(27)11-28-16-7-4-14(5-8-16)20(21,22)23/h4-10,13H,2-3,11H2,1H3,(H,24,27). The van der Waals surface area contributed by atoms with Gasteiger partial charge in [0.2, 0.25) is 0 Å². The number of alkyl halides is 3. The van der Waals surface area contributed by atoms with Gasteiger partial charge in [0.1, 0.15) is 11.4 Å². The third kappa shape index (κ3) is 3.81. The number of aryl methyl sites for hydroxylation is 1. The second-order valence-electron chi connectivity index (χ2n) is 6.86. The summed E-state index contributed by atoms with van der Waals surface area (Å²) in [5.74, 6) is 0.327. The van der Waals surface area contributed by atoms with Gasteiger partial charge in [-0.25, -0.2) is 4.98 Å². The number of hydrogen-bond acceptors (Lipinski definition) is 3. The Morgan fingerprint density at radius 1 is 1.21 bits per heavy atom. The van der Waals surface area contributed by atoms with Crippen molar-refractivity contribution in [3.8, 4) is 5.75 Å². The van der Waals surface area contributed by atoms with E-state index in [2.05, 4.69) is 10.3 Å². The Morgan fingerprint density at radius 2 is 1.93 bits per heavy atom. The molecule has 146 valence electrons. The topological polar surface area (TPSA) is 55.6 Å². The molecule has 2 aromatic heterocycles. The quantitative estimate of drug-likeness (QED) is 0.696. The predicted molar refractivity (Wildman–Crippen MR) is 97.5 cm³/mol. The van der Waals surface area contributed by atoms with E-state index < -0.39 is 17.6 Å². The van der Waals surface area contributed by atoms with E-state index in [1.807, 2.05) is 17.4 Å². The number of imidazole rings is 1. The highest BCUT2D eigenvalue weighted by atomic mass is 19.4. The molecule has 3 aromatic rings. The highest BCUT2D eigenvalue weighted by molar-refractivity contribution is 5.91. The fourth-order valence-electron chi connectivity index (χ4n) is 3.08. The smallest absolute Gasteiger partial charge is 0.416 e. The van der Waals surface area contributed by atoms with Gasteiger partial charge >= 0.3 is 6.18 Å². The second-order valence-corrected chi connectivity index (χ2v) is 6.86. The molecule has 5 nitrogen and oxygen atoms in total. The van der Waals surface area contributed by atoms with E-state index in [0.29, 0.717) is 11.6 Å². The number of halogens is 3. The Bertz CT molecular complexity index is 1020. The molecule has 1 aliphatic rings. The molecule has 1 aromatic carbocycles. The molecule has 28 heavy (non-hydrogen) atoms. The molecule has 1 N–H and O–H groups in total. The van der Waals surface area contributed by atoms with Crippen molar-refractivity contribution in [2.75, 3.05) is 11.9 Å². The summed E-state index contributed by atoms with van der Waals surface area (Å²) in [4.78, 5) is 16.8. The van der Waals surface area contributed by atoms with E-state index in [1.165, 1.54) is 12.1 Å². The second kappa shape index (κ2) is 6.85. The molecule has 0 aliphatic heterocycles. The number of ether oxygens (including phenoxy) is 1. The molecular weight excluding hydrogens is 371 g/mol. The van der Waals surface area contributed by atoms with Crippen molar-refractivity contribution in [1.82, 2.24) is 9.38 Å². The van der Waals surface area contributed by atoms with Crippen LogP contribution in [0.3, 0.4) is 0 Å². The van der Waals surface area contributed by atoms with Crippen LogP contribution in [0.1, 0.15) is 35.7 Å². The van der Waals surface area contributed by atoms with Crippen molar-refractivity contribution in [1.29, 1.82) is 0 Å². The van der Waals surface area contributed by atoms with Crippen molar-refractivity contribution < 1.29 is 22.7 Å². The number of fused-ring (bicyclic) bond motifs is 1. The van der Waals surface area contributed by atoms with Gasteiger partial charge in [-0.3, -0.25) is 4.79 Å². The Morgan fingerprint density at radius 3 is 2.57 bits per heavy atom. The van der Waals surface area contributed by atoms with Crippen LogP contribution in [0.5, 0.6) is 5.75 Å². The minimum Gasteiger partial charge on any atom is -0.484 e. The van der Waals surface area contributed by atoms with Gasteiger partial charge in [-0.1, -0.05) is 0 Å². The number of carbonyl (C=O) groups is 1. The van der Waals surface area contributed by atoms with Gasteiger partial charge < -0.3 is 14.5 Å². The van der Waals surface area contributed by atoms with Crippen LogP contribution in [0.15, 0.2) is 42.6 Å². The van der Waals surface area contributed by atoms with Crippen molar-refractivity contribution in [3.05, 3.63) is 59.5 Å². The molecule has 0 spiro atoms. The first-order chi connectivity index (χ1) is 13.3. The van der Waals surface area contributed by atoms with Crippen LogP contribution in [0, 0.1) is 6.92 Å². The Kier molecular flexibility index (Phi) is 4.49. The zero-order chi connectivity index (χ0) is 19.9. The van der Waals surface area contributed by atoms with Gasteiger partial charge in [0, 0.05) is 17.8 Å². The number of nitrogens with zero attached hydrogens (tertiary/aromatic N) is 2. The SMILES string of the molecule is Cc1c(C2CC2)nc2ccc(NC(=O)COc3ccc(C(F)(F)F)cc3)cn12. The Balaban J connectivity index is 1.39. The van der Waals surface area contributed by atoms with Gasteiger partial charge in [0.25, 0.3) is 5.91 Å². The van der Waals surface area contributed by atoms with Crippen molar-refractivity contribution >= 4 is 17.2 Å². The van der Waals surface area contributed by atoms with Crippen molar-refractivity contribution in [2.24, 2.45) is 0 Å². The van der Waals surface area contributed by atoms with Crippen LogP contribution in [0.2, 0.25) is 0 Å². The molecular formula is C20H18F3N3O2. The lowest BCUT2D eigenvalue weighted by molar-refractivity contribution is -0.137. The maximum atomic E-state index is 12.6. The van der Waals surface area contributed by atoms with E-state index in [4.69, 9.17) is 4.74 Å². The number of anilines is 1. The minimum absolute atomic E-state index is 0.193. The number of aromatic nitrogens is 2. The molecule has 4 rings (SSSR count). The Hall–Kier alpha value is -3.03. The zero-order valence-corrected chi connectivity index (χ0v) is 15.1. The van der Waals surface area contributed by atoms with E-state index in [0.717, 1.165) is 42.0 Å². The van der Waals surface area contributed by atoms with Crippen LogP contribution in [0.4, 0.5) is 18.9 Å². The molecule has 0 saturated heterocycles. The Labute approximate surface area is 159 Å². The molecule has 1 amide bonds. The average Bonchev–Trinajstić information content (AvgIpc) is 3.44. The van der Waals surface area contributed by atoms with E-state index >= 15 is 0 Å². The lowest BCUT2D eigenvalue weighted by atomic mass is 10.2. The third-order valence-electron chi connectivity index (χ3n) is 4.69. The van der Waals surface area contributed by atoms with Crippen LogP contribution >= 0.6 is 0 Å². The highest BCUT2D eigenvalue weighted by Gasteiger charge is 2.30. The van der Waals surface area contributed by atoms with Gasteiger partial charge in [-0.15, -0.1) is 0 Å². The highest BCUT2D eigenvalue weighted by Crippen LogP contribution is 2.41. The average molecular weight is 389 g/mol. The van der Waals surface area contributed by atoms with E-state index in [9.17, 15) is 18.0 Å². The van der Waals surface area contributed by atoms with Gasteiger partial charge in [-0.2, -0.15) is 13.2 Å². The summed E-state index contributed by atoms with van der Waals surface area (Å²) in [6.07, 6.45) is -0.274. The summed E-state index contributed by atoms with van der Waals surface area (Å²) in [6.45, 7) is 1.70. The maximum absolute atomic E-state index is 12.6. The van der Waals surface area contributed by atoms with Crippen LogP contribution in [0.25, 0.3) is 5.65 Å². The molecule has 1 aliphatic carbocycles. The van der Waals surface area contributed by atoms with Crippen molar-refractivity contribution in [2.45, 2.75) is 31.9 Å².